The van der Waals surface area contributed by atoms with Crippen LogP contribution in [0.5, 0.6) is 0 Å². The molecule has 1 aromatic carbocycles. The van der Waals surface area contributed by atoms with Crippen molar-refractivity contribution in [3.8, 4) is 0 Å². The molecule has 0 saturated heterocycles. The van der Waals surface area contributed by atoms with Crippen molar-refractivity contribution < 1.29 is 14.5 Å². The molecule has 0 aliphatic heterocycles. The molecular formula is C15H17NO4. The lowest BCUT2D eigenvalue weighted by Crippen LogP contribution is -2.42. The highest BCUT2D eigenvalue weighted by atomic mass is 16.6. The number of nitrogens with zero attached hydrogens (tertiary/aromatic N) is 1. The predicted octanol–water partition coefficient (Wildman–Crippen LogP) is 2.38. The molecule has 0 unspecified atom stereocenters. The zero-order valence-corrected chi connectivity index (χ0v) is 11.4. The summed E-state index contributed by atoms with van der Waals surface area (Å²) in [6, 6.07) is 8.86. The first kappa shape index (κ1) is 14.4. The lowest BCUT2D eigenvalue weighted by atomic mass is 9.67. The molecule has 0 radical (unpaired) electrons. The second-order valence-corrected chi connectivity index (χ2v) is 5.28. The fourth-order valence-electron chi connectivity index (χ4n) is 3.26. The first-order chi connectivity index (χ1) is 9.48. The SMILES string of the molecule is CC(=O)[C@]1([C@@H](C[N+](=O)[O-])c2ccccc2)CCCC1=O. The molecule has 0 amide bonds. The monoisotopic (exact) mass is 275 g/mol. The van der Waals surface area contributed by atoms with E-state index < -0.39 is 22.8 Å². The summed E-state index contributed by atoms with van der Waals surface area (Å²) in [5.74, 6) is -1.08. The number of carbonyl (C=O) groups is 2. The lowest BCUT2D eigenvalue weighted by molar-refractivity contribution is -0.485. The van der Waals surface area contributed by atoms with Gasteiger partial charge in [0.25, 0.3) is 0 Å². The van der Waals surface area contributed by atoms with Gasteiger partial charge in [0.1, 0.15) is 17.0 Å². The largest absolute Gasteiger partial charge is 0.299 e. The van der Waals surface area contributed by atoms with Gasteiger partial charge in [-0.3, -0.25) is 19.7 Å². The highest BCUT2D eigenvalue weighted by molar-refractivity contribution is 6.08. The lowest BCUT2D eigenvalue weighted by Gasteiger charge is -2.31. The highest BCUT2D eigenvalue weighted by Gasteiger charge is 2.54. The average Bonchev–Trinajstić information content (AvgIpc) is 2.79. The van der Waals surface area contributed by atoms with Gasteiger partial charge in [-0.25, -0.2) is 0 Å². The quantitative estimate of drug-likeness (QED) is 0.469. The first-order valence-electron chi connectivity index (χ1n) is 6.69. The highest BCUT2D eigenvalue weighted by Crippen LogP contribution is 2.47. The summed E-state index contributed by atoms with van der Waals surface area (Å²) >= 11 is 0. The molecule has 1 fully saturated rings. The van der Waals surface area contributed by atoms with E-state index in [1.807, 2.05) is 6.07 Å². The molecule has 106 valence electrons. The van der Waals surface area contributed by atoms with Crippen LogP contribution in [0.15, 0.2) is 30.3 Å². The third kappa shape index (κ3) is 2.35. The van der Waals surface area contributed by atoms with E-state index in [1.165, 1.54) is 6.92 Å². The van der Waals surface area contributed by atoms with Crippen LogP contribution >= 0.6 is 0 Å². The molecule has 2 atom stereocenters. The van der Waals surface area contributed by atoms with E-state index in [0.717, 1.165) is 0 Å². The summed E-state index contributed by atoms with van der Waals surface area (Å²) in [4.78, 5) is 35.0. The molecule has 5 heteroatoms. The third-order valence-corrected chi connectivity index (χ3v) is 4.23. The third-order valence-electron chi connectivity index (χ3n) is 4.23. The van der Waals surface area contributed by atoms with Crippen molar-refractivity contribution in [3.05, 3.63) is 46.0 Å². The summed E-state index contributed by atoms with van der Waals surface area (Å²) in [5, 5.41) is 11.0. The van der Waals surface area contributed by atoms with Gasteiger partial charge in [0.15, 0.2) is 0 Å². The Bertz CT molecular complexity index is 540. The number of hydrogen-bond donors (Lipinski definition) is 0. The van der Waals surface area contributed by atoms with Crippen molar-refractivity contribution in [2.45, 2.75) is 32.1 Å². The van der Waals surface area contributed by atoms with Crippen LogP contribution in [0.25, 0.3) is 0 Å². The van der Waals surface area contributed by atoms with Gasteiger partial charge >= 0.3 is 0 Å². The minimum atomic E-state index is -1.21. The van der Waals surface area contributed by atoms with E-state index >= 15 is 0 Å². The molecule has 1 aliphatic carbocycles. The van der Waals surface area contributed by atoms with Crippen LogP contribution in [0.4, 0.5) is 0 Å². The van der Waals surface area contributed by atoms with Gasteiger partial charge in [0.05, 0.1) is 5.92 Å². The fourth-order valence-corrected chi connectivity index (χ4v) is 3.26. The number of ketones is 2. The standard InChI is InChI=1S/C15H17NO4/c1-11(17)15(9-5-8-14(15)18)13(10-16(19)20)12-6-3-2-4-7-12/h2-4,6-7,13H,5,8-10H2,1H3/t13-,15-/m0/s1. The van der Waals surface area contributed by atoms with Crippen molar-refractivity contribution in [2.75, 3.05) is 6.54 Å². The van der Waals surface area contributed by atoms with Crippen molar-refractivity contribution in [2.24, 2.45) is 5.41 Å². The molecule has 0 bridgehead atoms. The molecule has 20 heavy (non-hydrogen) atoms. The van der Waals surface area contributed by atoms with Crippen LogP contribution < -0.4 is 0 Å². The second-order valence-electron chi connectivity index (χ2n) is 5.28. The van der Waals surface area contributed by atoms with Crippen molar-refractivity contribution >= 4 is 11.6 Å². The van der Waals surface area contributed by atoms with E-state index in [9.17, 15) is 19.7 Å². The van der Waals surface area contributed by atoms with Crippen LogP contribution in [0.2, 0.25) is 0 Å². The zero-order valence-electron chi connectivity index (χ0n) is 11.4. The van der Waals surface area contributed by atoms with Gasteiger partial charge in [-0.2, -0.15) is 0 Å². The van der Waals surface area contributed by atoms with E-state index in [2.05, 4.69) is 0 Å². The summed E-state index contributed by atoms with van der Waals surface area (Å²) in [5.41, 5.74) is -0.524. The molecule has 0 heterocycles. The topological polar surface area (TPSA) is 77.3 Å². The number of Topliss-reactive ketones (excluding diaryl/α,β-unsaturated/α-hetero) is 2. The number of hydrogen-bond acceptors (Lipinski definition) is 4. The minimum Gasteiger partial charge on any atom is -0.299 e. The van der Waals surface area contributed by atoms with Gasteiger partial charge in [-0.1, -0.05) is 30.3 Å². The summed E-state index contributed by atoms with van der Waals surface area (Å²) in [6.07, 6.45) is 1.37. The Morgan fingerprint density at radius 2 is 2.05 bits per heavy atom. The Kier molecular flexibility index (Phi) is 3.97. The fraction of sp³-hybridized carbons (Fsp3) is 0.467. The molecule has 1 aliphatic rings. The van der Waals surface area contributed by atoms with Crippen molar-refractivity contribution in [3.63, 3.8) is 0 Å². The number of nitro groups is 1. The maximum atomic E-state index is 12.3. The Labute approximate surface area is 117 Å². The van der Waals surface area contributed by atoms with Crippen LogP contribution in [-0.4, -0.2) is 23.0 Å². The summed E-state index contributed by atoms with van der Waals surface area (Å²) in [6.45, 7) is 0.981. The van der Waals surface area contributed by atoms with Gasteiger partial charge < -0.3 is 0 Å². The minimum absolute atomic E-state index is 0.152. The number of rotatable bonds is 5. The molecule has 0 aromatic heterocycles. The summed E-state index contributed by atoms with van der Waals surface area (Å²) in [7, 11) is 0. The van der Waals surface area contributed by atoms with Crippen LogP contribution in [-0.2, 0) is 9.59 Å². The van der Waals surface area contributed by atoms with Gasteiger partial charge in [-0.15, -0.1) is 0 Å². The van der Waals surface area contributed by atoms with E-state index in [0.29, 0.717) is 24.8 Å². The molecule has 2 rings (SSSR count). The Hall–Kier alpha value is -2.04. The van der Waals surface area contributed by atoms with Gasteiger partial charge in [0.2, 0.25) is 6.54 Å². The second kappa shape index (κ2) is 5.53. The van der Waals surface area contributed by atoms with Gasteiger partial charge in [-0.05, 0) is 25.3 Å². The van der Waals surface area contributed by atoms with Crippen molar-refractivity contribution in [1.29, 1.82) is 0 Å². The normalized spacial score (nSPS) is 23.6. The van der Waals surface area contributed by atoms with Crippen molar-refractivity contribution in [1.82, 2.24) is 0 Å². The Morgan fingerprint density at radius 1 is 1.40 bits per heavy atom. The van der Waals surface area contributed by atoms with Crippen LogP contribution in [0, 0.1) is 15.5 Å². The molecule has 1 aromatic rings. The van der Waals surface area contributed by atoms with Crippen LogP contribution in [0.1, 0.15) is 37.7 Å². The average molecular weight is 275 g/mol. The summed E-state index contributed by atoms with van der Waals surface area (Å²) < 4.78 is 0. The molecule has 0 N–H and O–H groups in total. The van der Waals surface area contributed by atoms with E-state index in [4.69, 9.17) is 0 Å². The molecule has 5 nitrogen and oxygen atoms in total. The maximum Gasteiger partial charge on any atom is 0.212 e. The van der Waals surface area contributed by atoms with E-state index in [-0.39, 0.29) is 11.6 Å². The zero-order chi connectivity index (χ0) is 14.8. The number of carbonyl (C=O) groups excluding carboxylic acids is 2. The predicted molar refractivity (Wildman–Crippen MR) is 73.0 cm³/mol. The molecule has 0 spiro atoms. The Balaban J connectivity index is 2.52. The smallest absolute Gasteiger partial charge is 0.212 e. The van der Waals surface area contributed by atoms with Gasteiger partial charge in [0, 0.05) is 11.3 Å². The molecule has 1 saturated carbocycles. The Morgan fingerprint density at radius 3 is 2.50 bits per heavy atom. The number of benzene rings is 1. The molecular weight excluding hydrogens is 258 g/mol. The maximum absolute atomic E-state index is 12.3. The van der Waals surface area contributed by atoms with E-state index in [1.54, 1.807) is 24.3 Å². The first-order valence-corrected chi connectivity index (χ1v) is 6.69. The van der Waals surface area contributed by atoms with Crippen LogP contribution in [0.3, 0.4) is 0 Å².